The average molecular weight is 269 g/mol. The number of nitrogens with zero attached hydrogens (tertiary/aromatic N) is 5. The van der Waals surface area contributed by atoms with Crippen LogP contribution in [0.5, 0.6) is 5.88 Å². The van der Waals surface area contributed by atoms with Gasteiger partial charge in [0, 0.05) is 6.20 Å². The van der Waals surface area contributed by atoms with Crippen LogP contribution in [-0.2, 0) is 6.18 Å². The average Bonchev–Trinajstić information content (AvgIpc) is 2.81. The number of hydrogen-bond donors (Lipinski definition) is 0. The van der Waals surface area contributed by atoms with Crippen molar-refractivity contribution in [2.24, 2.45) is 0 Å². The van der Waals surface area contributed by atoms with Crippen LogP contribution in [0.1, 0.15) is 5.82 Å². The maximum absolute atomic E-state index is 12.3. The van der Waals surface area contributed by atoms with Crippen LogP contribution in [0.4, 0.5) is 18.9 Å². The largest absolute Gasteiger partial charge is 0.488 e. The highest BCUT2D eigenvalue weighted by molar-refractivity contribution is 5.53. The Morgan fingerprint density at radius 3 is 2.37 bits per heavy atom. The summed E-state index contributed by atoms with van der Waals surface area (Å²) >= 11 is 0. The molecule has 2 rings (SSSR count). The molecule has 6 nitrogen and oxygen atoms in total. The van der Waals surface area contributed by atoms with E-state index in [2.05, 4.69) is 19.9 Å². The summed E-state index contributed by atoms with van der Waals surface area (Å²) in [7, 11) is 1.34. The number of rotatable bonds is 2. The van der Waals surface area contributed by atoms with Crippen molar-refractivity contribution >= 4 is 5.69 Å². The fourth-order valence-electron chi connectivity index (χ4n) is 1.29. The first kappa shape index (κ1) is 12.8. The molecule has 2 aromatic heterocycles. The van der Waals surface area contributed by atoms with Gasteiger partial charge in [-0.25, -0.2) is 19.5 Å². The van der Waals surface area contributed by atoms with E-state index in [9.17, 15) is 13.2 Å². The smallest absolute Gasteiger partial charge is 0.451 e. The van der Waals surface area contributed by atoms with E-state index >= 15 is 0 Å². The topological polar surface area (TPSA) is 57.2 Å². The van der Waals surface area contributed by atoms with E-state index < -0.39 is 12.0 Å². The van der Waals surface area contributed by atoms with E-state index in [0.29, 0.717) is 0 Å². The molecule has 0 aromatic carbocycles. The van der Waals surface area contributed by atoms with Crippen LogP contribution in [0.25, 0.3) is 10.5 Å². The molecule has 0 fully saturated rings. The summed E-state index contributed by atoms with van der Waals surface area (Å²) < 4.78 is 42.9. The van der Waals surface area contributed by atoms with Crippen molar-refractivity contribution in [3.63, 3.8) is 0 Å². The standard InChI is InChI=1S/C10H6F3N5O/c1-14-7-5-18(17-8(7)19-2)6-3-15-9(16-4-6)10(11,12)13/h3-5H,2H3. The molecule has 0 N–H and O–H groups in total. The summed E-state index contributed by atoms with van der Waals surface area (Å²) in [5, 5.41) is 3.88. The Bertz CT molecular complexity index is 626. The zero-order chi connectivity index (χ0) is 14.0. The van der Waals surface area contributed by atoms with Gasteiger partial charge in [-0.2, -0.15) is 13.2 Å². The van der Waals surface area contributed by atoms with Crippen LogP contribution in [-0.4, -0.2) is 26.9 Å². The van der Waals surface area contributed by atoms with Crippen LogP contribution in [0, 0.1) is 6.57 Å². The predicted molar refractivity (Wildman–Crippen MR) is 57.0 cm³/mol. The third kappa shape index (κ3) is 2.47. The van der Waals surface area contributed by atoms with Crippen molar-refractivity contribution in [1.82, 2.24) is 19.7 Å². The lowest BCUT2D eigenvalue weighted by Gasteiger charge is -2.05. The summed E-state index contributed by atoms with van der Waals surface area (Å²) in [5.41, 5.74) is 0.337. The Morgan fingerprint density at radius 1 is 1.32 bits per heavy atom. The highest BCUT2D eigenvalue weighted by Crippen LogP contribution is 2.28. The molecule has 0 aliphatic heterocycles. The van der Waals surface area contributed by atoms with Crippen molar-refractivity contribution in [3.8, 4) is 11.6 Å². The quantitative estimate of drug-likeness (QED) is 0.784. The summed E-state index contributed by atoms with van der Waals surface area (Å²) in [6, 6.07) is 0. The SMILES string of the molecule is [C-]#[N+]c1cn(-c2cnc(C(F)(F)F)nc2)nc1OC. The lowest BCUT2D eigenvalue weighted by Crippen LogP contribution is -2.11. The molecular formula is C10H6F3N5O. The van der Waals surface area contributed by atoms with Gasteiger partial charge in [0.1, 0.15) is 0 Å². The van der Waals surface area contributed by atoms with Crippen LogP contribution in [0.2, 0.25) is 0 Å². The van der Waals surface area contributed by atoms with Crippen LogP contribution >= 0.6 is 0 Å². The van der Waals surface area contributed by atoms with Crippen LogP contribution in [0.3, 0.4) is 0 Å². The van der Waals surface area contributed by atoms with Gasteiger partial charge in [0.25, 0.3) is 5.69 Å². The first-order valence-electron chi connectivity index (χ1n) is 4.86. The normalized spacial score (nSPS) is 11.1. The van der Waals surface area contributed by atoms with E-state index in [1.807, 2.05) is 0 Å². The maximum atomic E-state index is 12.3. The number of aromatic nitrogens is 4. The van der Waals surface area contributed by atoms with E-state index in [-0.39, 0.29) is 17.3 Å². The monoisotopic (exact) mass is 269 g/mol. The maximum Gasteiger partial charge on any atom is 0.451 e. The molecule has 9 heteroatoms. The van der Waals surface area contributed by atoms with Gasteiger partial charge < -0.3 is 4.74 Å². The molecule has 0 saturated carbocycles. The zero-order valence-electron chi connectivity index (χ0n) is 9.51. The molecule has 2 heterocycles. The molecule has 0 aliphatic rings. The third-order valence-electron chi connectivity index (χ3n) is 2.13. The van der Waals surface area contributed by atoms with Crippen LogP contribution in [0.15, 0.2) is 18.6 Å². The molecular weight excluding hydrogens is 263 g/mol. The summed E-state index contributed by atoms with van der Waals surface area (Å²) in [6.07, 6.45) is -1.34. The second-order valence-electron chi connectivity index (χ2n) is 3.34. The minimum Gasteiger partial charge on any atom is -0.488 e. The number of ether oxygens (including phenoxy) is 1. The summed E-state index contributed by atoms with van der Waals surface area (Å²) in [5.74, 6) is -1.16. The summed E-state index contributed by atoms with van der Waals surface area (Å²) in [4.78, 5) is 9.57. The van der Waals surface area contributed by atoms with Gasteiger partial charge >= 0.3 is 6.18 Å². The first-order valence-corrected chi connectivity index (χ1v) is 4.86. The zero-order valence-corrected chi connectivity index (χ0v) is 9.51. The third-order valence-corrected chi connectivity index (χ3v) is 2.13. The Balaban J connectivity index is 2.38. The van der Waals surface area contributed by atoms with E-state index in [1.165, 1.54) is 18.0 Å². The predicted octanol–water partition coefficient (Wildman–Crippen LogP) is 2.24. The molecule has 0 atom stereocenters. The minimum absolute atomic E-state index is 0.0786. The Kier molecular flexibility index (Phi) is 3.08. The van der Waals surface area contributed by atoms with E-state index in [0.717, 1.165) is 12.4 Å². The second kappa shape index (κ2) is 4.56. The second-order valence-corrected chi connectivity index (χ2v) is 3.34. The number of alkyl halides is 3. The van der Waals surface area contributed by atoms with Gasteiger partial charge in [0.15, 0.2) is 0 Å². The molecule has 19 heavy (non-hydrogen) atoms. The van der Waals surface area contributed by atoms with E-state index in [1.54, 1.807) is 0 Å². The van der Waals surface area contributed by atoms with Gasteiger partial charge in [0.05, 0.1) is 31.8 Å². The van der Waals surface area contributed by atoms with Crippen molar-refractivity contribution in [2.75, 3.05) is 7.11 Å². The molecule has 0 unspecified atom stereocenters. The molecule has 0 spiro atoms. The molecule has 0 aliphatic carbocycles. The lowest BCUT2D eigenvalue weighted by atomic mass is 10.5. The Hall–Kier alpha value is -2.63. The first-order chi connectivity index (χ1) is 8.95. The Morgan fingerprint density at radius 2 is 1.95 bits per heavy atom. The fraction of sp³-hybridized carbons (Fsp3) is 0.200. The molecule has 0 bridgehead atoms. The van der Waals surface area contributed by atoms with Crippen molar-refractivity contribution in [2.45, 2.75) is 6.18 Å². The van der Waals surface area contributed by atoms with Gasteiger partial charge in [-0.05, 0) is 0 Å². The molecule has 2 aromatic rings. The van der Waals surface area contributed by atoms with Crippen molar-refractivity contribution in [1.29, 1.82) is 0 Å². The highest BCUT2D eigenvalue weighted by Gasteiger charge is 2.34. The number of halogens is 3. The van der Waals surface area contributed by atoms with E-state index in [4.69, 9.17) is 11.3 Å². The van der Waals surface area contributed by atoms with Gasteiger partial charge in [-0.15, -0.1) is 5.10 Å². The summed E-state index contributed by atoms with van der Waals surface area (Å²) in [6.45, 7) is 6.89. The number of hydrogen-bond acceptors (Lipinski definition) is 4. The fourth-order valence-corrected chi connectivity index (χ4v) is 1.29. The van der Waals surface area contributed by atoms with Gasteiger partial charge in [-0.3, -0.25) is 0 Å². The highest BCUT2D eigenvalue weighted by atomic mass is 19.4. The van der Waals surface area contributed by atoms with Crippen molar-refractivity contribution < 1.29 is 17.9 Å². The van der Waals surface area contributed by atoms with Gasteiger partial charge in [0.2, 0.25) is 11.7 Å². The van der Waals surface area contributed by atoms with Crippen LogP contribution < -0.4 is 4.74 Å². The van der Waals surface area contributed by atoms with Gasteiger partial charge in [-0.1, -0.05) is 0 Å². The Labute approximate surface area is 105 Å². The lowest BCUT2D eigenvalue weighted by molar-refractivity contribution is -0.145. The van der Waals surface area contributed by atoms with Crippen molar-refractivity contribution in [3.05, 3.63) is 35.8 Å². The molecule has 0 saturated heterocycles. The molecule has 98 valence electrons. The molecule has 0 radical (unpaired) electrons. The minimum atomic E-state index is -4.60. The number of methoxy groups -OCH3 is 1. The molecule has 0 amide bonds.